The molecule has 0 aromatic rings. The van der Waals surface area contributed by atoms with E-state index in [1.54, 1.807) is 0 Å². The van der Waals surface area contributed by atoms with Crippen molar-refractivity contribution in [3.05, 3.63) is 0 Å². The first kappa shape index (κ1) is 11.0. The van der Waals surface area contributed by atoms with Gasteiger partial charge in [-0.05, 0) is 19.3 Å². The van der Waals surface area contributed by atoms with Crippen LogP contribution in [0.1, 0.15) is 40.0 Å². The largest absolute Gasteiger partial charge is 0.314 e. The van der Waals surface area contributed by atoms with Crippen LogP contribution in [0.5, 0.6) is 0 Å². The van der Waals surface area contributed by atoms with Crippen LogP contribution in [0.4, 0.5) is 0 Å². The van der Waals surface area contributed by atoms with Gasteiger partial charge in [-0.25, -0.2) is 0 Å². The predicted molar refractivity (Wildman–Crippen MR) is 58.0 cm³/mol. The van der Waals surface area contributed by atoms with Crippen LogP contribution < -0.4 is 5.32 Å². The zero-order valence-electron chi connectivity index (χ0n) is 9.40. The second kappa shape index (κ2) is 4.97. The molecule has 0 amide bonds. The summed E-state index contributed by atoms with van der Waals surface area (Å²) < 4.78 is 0. The molecule has 1 aliphatic heterocycles. The lowest BCUT2D eigenvalue weighted by Crippen LogP contribution is -2.55. The monoisotopic (exact) mass is 184 g/mol. The third kappa shape index (κ3) is 2.23. The van der Waals surface area contributed by atoms with Crippen LogP contribution in [-0.4, -0.2) is 36.6 Å². The summed E-state index contributed by atoms with van der Waals surface area (Å²) in [6.07, 6.45) is 3.88. The molecular formula is C11H24N2. The smallest absolute Gasteiger partial charge is 0.0202 e. The Morgan fingerprint density at radius 1 is 1.00 bits per heavy atom. The molecule has 1 N–H and O–H groups in total. The van der Waals surface area contributed by atoms with E-state index in [0.717, 1.165) is 0 Å². The van der Waals surface area contributed by atoms with Crippen LogP contribution in [0.2, 0.25) is 0 Å². The van der Waals surface area contributed by atoms with Crippen molar-refractivity contribution < 1.29 is 0 Å². The molecule has 0 saturated carbocycles. The maximum absolute atomic E-state index is 3.42. The molecule has 13 heavy (non-hydrogen) atoms. The summed E-state index contributed by atoms with van der Waals surface area (Å²) >= 11 is 0. The van der Waals surface area contributed by atoms with Crippen molar-refractivity contribution in [2.75, 3.05) is 26.2 Å². The third-order valence-electron chi connectivity index (χ3n) is 3.76. The lowest BCUT2D eigenvalue weighted by atomic mass is 9.87. The van der Waals surface area contributed by atoms with Gasteiger partial charge in [-0.3, -0.25) is 4.90 Å². The number of nitrogens with one attached hydrogen (secondary N) is 1. The standard InChI is InChI=1S/C11H24N2/c1-4-11(5-2,6-3)13-9-7-12-8-10-13/h12H,4-10H2,1-3H3. The molecule has 0 aromatic heterocycles. The van der Waals surface area contributed by atoms with Crippen LogP contribution in [0.25, 0.3) is 0 Å². The maximum Gasteiger partial charge on any atom is 0.0202 e. The van der Waals surface area contributed by atoms with Crippen LogP contribution >= 0.6 is 0 Å². The van der Waals surface area contributed by atoms with Crippen molar-refractivity contribution in [2.24, 2.45) is 0 Å². The Morgan fingerprint density at radius 3 is 1.85 bits per heavy atom. The second-order valence-corrected chi connectivity index (χ2v) is 4.02. The number of nitrogens with zero attached hydrogens (tertiary/aromatic N) is 1. The molecule has 1 aliphatic rings. The molecule has 1 heterocycles. The summed E-state index contributed by atoms with van der Waals surface area (Å²) in [5.41, 5.74) is 0.488. The molecule has 0 spiro atoms. The highest BCUT2D eigenvalue weighted by molar-refractivity contribution is 4.89. The van der Waals surface area contributed by atoms with Crippen LogP contribution in [0, 0.1) is 0 Å². The second-order valence-electron chi connectivity index (χ2n) is 4.02. The lowest BCUT2D eigenvalue weighted by Gasteiger charge is -2.45. The van der Waals surface area contributed by atoms with Crippen molar-refractivity contribution in [1.29, 1.82) is 0 Å². The van der Waals surface area contributed by atoms with Crippen molar-refractivity contribution in [2.45, 2.75) is 45.6 Å². The van der Waals surface area contributed by atoms with E-state index in [0.29, 0.717) is 5.54 Å². The molecule has 1 fully saturated rings. The van der Waals surface area contributed by atoms with Crippen LogP contribution in [0.15, 0.2) is 0 Å². The first-order chi connectivity index (χ1) is 6.29. The van der Waals surface area contributed by atoms with Crippen molar-refractivity contribution in [3.8, 4) is 0 Å². The molecule has 0 radical (unpaired) electrons. The summed E-state index contributed by atoms with van der Waals surface area (Å²) in [6, 6.07) is 0. The van der Waals surface area contributed by atoms with Crippen molar-refractivity contribution >= 4 is 0 Å². The van der Waals surface area contributed by atoms with Crippen LogP contribution in [-0.2, 0) is 0 Å². The van der Waals surface area contributed by atoms with Crippen molar-refractivity contribution in [1.82, 2.24) is 10.2 Å². The number of rotatable bonds is 4. The Hall–Kier alpha value is -0.0800. The molecule has 0 aliphatic carbocycles. The highest BCUT2D eigenvalue weighted by Gasteiger charge is 2.31. The molecule has 2 heteroatoms. The Labute approximate surface area is 82.7 Å². The molecule has 78 valence electrons. The number of hydrogen-bond acceptors (Lipinski definition) is 2. The van der Waals surface area contributed by atoms with Crippen molar-refractivity contribution in [3.63, 3.8) is 0 Å². The molecule has 2 nitrogen and oxygen atoms in total. The summed E-state index contributed by atoms with van der Waals surface area (Å²) in [5.74, 6) is 0. The molecule has 0 aromatic carbocycles. The molecule has 0 atom stereocenters. The minimum atomic E-state index is 0.488. The quantitative estimate of drug-likeness (QED) is 0.717. The van der Waals surface area contributed by atoms with E-state index >= 15 is 0 Å². The van der Waals surface area contributed by atoms with Gasteiger partial charge in [0.15, 0.2) is 0 Å². The molecule has 0 bridgehead atoms. The van der Waals surface area contributed by atoms with Gasteiger partial charge in [0.25, 0.3) is 0 Å². The van der Waals surface area contributed by atoms with E-state index in [4.69, 9.17) is 0 Å². The van der Waals surface area contributed by atoms with E-state index in [2.05, 4.69) is 31.0 Å². The third-order valence-corrected chi connectivity index (χ3v) is 3.76. The number of hydrogen-bond donors (Lipinski definition) is 1. The fraction of sp³-hybridized carbons (Fsp3) is 1.00. The van der Waals surface area contributed by atoms with Gasteiger partial charge in [0.05, 0.1) is 0 Å². The van der Waals surface area contributed by atoms with Gasteiger partial charge < -0.3 is 5.32 Å². The molecular weight excluding hydrogens is 160 g/mol. The maximum atomic E-state index is 3.42. The minimum absolute atomic E-state index is 0.488. The highest BCUT2D eigenvalue weighted by atomic mass is 15.2. The first-order valence-electron chi connectivity index (χ1n) is 5.75. The average Bonchev–Trinajstić information content (AvgIpc) is 2.23. The van der Waals surface area contributed by atoms with Gasteiger partial charge >= 0.3 is 0 Å². The van der Waals surface area contributed by atoms with Gasteiger partial charge in [-0.2, -0.15) is 0 Å². The summed E-state index contributed by atoms with van der Waals surface area (Å²) in [5, 5.41) is 3.42. The van der Waals surface area contributed by atoms with Gasteiger partial charge in [0.2, 0.25) is 0 Å². The zero-order valence-corrected chi connectivity index (χ0v) is 9.40. The zero-order chi connectivity index (χ0) is 9.73. The van der Waals surface area contributed by atoms with Gasteiger partial charge in [-0.15, -0.1) is 0 Å². The predicted octanol–water partition coefficient (Wildman–Crippen LogP) is 1.86. The minimum Gasteiger partial charge on any atom is -0.314 e. The summed E-state index contributed by atoms with van der Waals surface area (Å²) in [4.78, 5) is 2.68. The van der Waals surface area contributed by atoms with Gasteiger partial charge in [0.1, 0.15) is 0 Å². The Balaban J connectivity index is 2.60. The van der Waals surface area contributed by atoms with E-state index in [9.17, 15) is 0 Å². The van der Waals surface area contributed by atoms with E-state index in [1.807, 2.05) is 0 Å². The van der Waals surface area contributed by atoms with Gasteiger partial charge in [0, 0.05) is 31.7 Å². The Bertz CT molecular complexity index is 127. The Kier molecular flexibility index (Phi) is 4.20. The fourth-order valence-corrected chi connectivity index (χ4v) is 2.56. The first-order valence-corrected chi connectivity index (χ1v) is 5.75. The highest BCUT2D eigenvalue weighted by Crippen LogP contribution is 2.27. The van der Waals surface area contributed by atoms with E-state index in [-0.39, 0.29) is 0 Å². The summed E-state index contributed by atoms with van der Waals surface area (Å²) in [6.45, 7) is 11.8. The SMILES string of the molecule is CCC(CC)(CC)N1CCNCC1. The summed E-state index contributed by atoms with van der Waals surface area (Å²) in [7, 11) is 0. The normalized spacial score (nSPS) is 20.5. The molecule has 0 unspecified atom stereocenters. The number of piperazine rings is 1. The lowest BCUT2D eigenvalue weighted by molar-refractivity contribution is 0.0612. The van der Waals surface area contributed by atoms with Gasteiger partial charge in [-0.1, -0.05) is 20.8 Å². The Morgan fingerprint density at radius 2 is 1.46 bits per heavy atom. The van der Waals surface area contributed by atoms with E-state index < -0.39 is 0 Å². The van der Waals surface area contributed by atoms with Crippen LogP contribution in [0.3, 0.4) is 0 Å². The molecule has 1 saturated heterocycles. The van der Waals surface area contributed by atoms with E-state index in [1.165, 1.54) is 45.4 Å². The molecule has 1 rings (SSSR count). The topological polar surface area (TPSA) is 15.3 Å². The fourth-order valence-electron chi connectivity index (χ4n) is 2.56. The average molecular weight is 184 g/mol.